The molecule has 0 fully saturated rings. The molecule has 0 bridgehead atoms. The second-order valence-electron chi connectivity index (χ2n) is 7.43. The second kappa shape index (κ2) is 5.88. The molecule has 0 atom stereocenters. The van der Waals surface area contributed by atoms with Crippen LogP contribution in [0.3, 0.4) is 0 Å². The Morgan fingerprint density at radius 1 is 0.655 bits per heavy atom. The lowest BCUT2D eigenvalue weighted by molar-refractivity contribution is 0.627. The molecule has 6 rings (SSSR count). The SMILES string of the molecule is Fc1ccc2c(c1Cl)N=C(c1ccccc1)C21c2ccccc2-c2ccccc21. The molecule has 0 N–H and O–H groups in total. The summed E-state index contributed by atoms with van der Waals surface area (Å²) in [6.45, 7) is 0. The van der Waals surface area contributed by atoms with Crippen molar-refractivity contribution in [3.8, 4) is 11.1 Å². The Morgan fingerprint density at radius 2 is 1.24 bits per heavy atom. The van der Waals surface area contributed by atoms with Crippen LogP contribution in [0.1, 0.15) is 22.3 Å². The summed E-state index contributed by atoms with van der Waals surface area (Å²) in [6, 6.07) is 30.2. The van der Waals surface area contributed by atoms with Gasteiger partial charge in [0.1, 0.15) is 10.8 Å². The lowest BCUT2D eigenvalue weighted by Gasteiger charge is -2.30. The van der Waals surface area contributed by atoms with Gasteiger partial charge in [-0.1, -0.05) is 96.5 Å². The van der Waals surface area contributed by atoms with Gasteiger partial charge >= 0.3 is 0 Å². The molecule has 138 valence electrons. The average Bonchev–Trinajstić information content (AvgIpc) is 3.27. The Labute approximate surface area is 173 Å². The summed E-state index contributed by atoms with van der Waals surface area (Å²) in [6.07, 6.45) is 0. The summed E-state index contributed by atoms with van der Waals surface area (Å²) < 4.78 is 14.4. The molecule has 2 aliphatic rings. The van der Waals surface area contributed by atoms with Crippen molar-refractivity contribution in [1.29, 1.82) is 0 Å². The standard InChI is InChI=1S/C26H15ClFN/c27-23-22(28)15-14-21-24(23)29-25(16-8-2-1-3-9-16)26(21)19-12-6-4-10-17(19)18-11-5-7-13-20(18)26/h1-15H. The van der Waals surface area contributed by atoms with E-state index in [0.717, 1.165) is 28.0 Å². The maximum absolute atomic E-state index is 14.4. The van der Waals surface area contributed by atoms with Crippen molar-refractivity contribution in [2.45, 2.75) is 5.41 Å². The first-order valence-electron chi connectivity index (χ1n) is 9.55. The lowest BCUT2D eigenvalue weighted by Crippen LogP contribution is -2.34. The van der Waals surface area contributed by atoms with Gasteiger partial charge < -0.3 is 0 Å². The fourth-order valence-electron chi connectivity index (χ4n) is 4.93. The summed E-state index contributed by atoms with van der Waals surface area (Å²) in [5, 5.41) is 0.0784. The minimum Gasteiger partial charge on any atom is -0.249 e. The van der Waals surface area contributed by atoms with Crippen LogP contribution in [0, 0.1) is 5.82 Å². The number of nitrogens with zero attached hydrogens (tertiary/aromatic N) is 1. The van der Waals surface area contributed by atoms with Gasteiger partial charge in [-0.25, -0.2) is 9.38 Å². The number of fused-ring (bicyclic) bond motifs is 7. The average molecular weight is 396 g/mol. The molecule has 29 heavy (non-hydrogen) atoms. The third kappa shape index (κ3) is 2.02. The minimum atomic E-state index is -0.610. The van der Waals surface area contributed by atoms with E-state index in [1.807, 2.05) is 24.3 Å². The van der Waals surface area contributed by atoms with Crippen LogP contribution in [-0.4, -0.2) is 5.71 Å². The fourth-order valence-corrected chi connectivity index (χ4v) is 5.14. The number of halogens is 2. The zero-order valence-corrected chi connectivity index (χ0v) is 16.1. The van der Waals surface area contributed by atoms with Gasteiger partial charge in [-0.3, -0.25) is 0 Å². The van der Waals surface area contributed by atoms with E-state index in [1.54, 1.807) is 0 Å². The summed E-state index contributed by atoms with van der Waals surface area (Å²) >= 11 is 6.43. The van der Waals surface area contributed by atoms with Crippen LogP contribution in [-0.2, 0) is 5.41 Å². The molecule has 1 spiro atoms. The van der Waals surface area contributed by atoms with Crippen molar-refractivity contribution < 1.29 is 4.39 Å². The molecule has 0 aromatic heterocycles. The molecular formula is C26H15ClFN. The highest BCUT2D eigenvalue weighted by molar-refractivity contribution is 6.35. The summed E-state index contributed by atoms with van der Waals surface area (Å²) in [4.78, 5) is 4.96. The fraction of sp³-hybridized carbons (Fsp3) is 0.0385. The van der Waals surface area contributed by atoms with E-state index in [2.05, 4.69) is 60.7 Å². The maximum Gasteiger partial charge on any atom is 0.144 e. The van der Waals surface area contributed by atoms with Crippen molar-refractivity contribution in [1.82, 2.24) is 0 Å². The van der Waals surface area contributed by atoms with Gasteiger partial charge in [0.15, 0.2) is 0 Å². The van der Waals surface area contributed by atoms with E-state index in [0.29, 0.717) is 5.69 Å². The molecule has 4 aromatic carbocycles. The molecule has 0 saturated heterocycles. The van der Waals surface area contributed by atoms with E-state index < -0.39 is 11.2 Å². The van der Waals surface area contributed by atoms with Gasteiger partial charge in [0.05, 0.1) is 16.8 Å². The highest BCUT2D eigenvalue weighted by Gasteiger charge is 2.53. The molecule has 1 heterocycles. The zero-order valence-electron chi connectivity index (χ0n) is 15.4. The Balaban J connectivity index is 1.81. The Bertz CT molecular complexity index is 1280. The Morgan fingerprint density at radius 3 is 1.90 bits per heavy atom. The van der Waals surface area contributed by atoms with Crippen LogP contribution in [0.4, 0.5) is 10.1 Å². The molecular weight excluding hydrogens is 381 g/mol. The molecule has 0 radical (unpaired) electrons. The molecule has 3 heteroatoms. The van der Waals surface area contributed by atoms with Crippen LogP contribution in [0.15, 0.2) is 96.0 Å². The number of benzene rings is 4. The van der Waals surface area contributed by atoms with Crippen molar-refractivity contribution in [3.05, 3.63) is 124 Å². The van der Waals surface area contributed by atoms with E-state index in [-0.39, 0.29) is 5.02 Å². The molecule has 1 nitrogen and oxygen atoms in total. The van der Waals surface area contributed by atoms with Crippen LogP contribution in [0.5, 0.6) is 0 Å². The topological polar surface area (TPSA) is 12.4 Å². The predicted molar refractivity (Wildman–Crippen MR) is 116 cm³/mol. The highest BCUT2D eigenvalue weighted by atomic mass is 35.5. The summed E-state index contributed by atoms with van der Waals surface area (Å²) in [5.41, 5.74) is 7.42. The molecule has 0 unspecified atom stereocenters. The number of hydrogen-bond donors (Lipinski definition) is 0. The largest absolute Gasteiger partial charge is 0.249 e. The van der Waals surface area contributed by atoms with Gasteiger partial charge in [0.2, 0.25) is 0 Å². The zero-order chi connectivity index (χ0) is 19.6. The maximum atomic E-state index is 14.4. The monoisotopic (exact) mass is 395 g/mol. The van der Waals surface area contributed by atoms with Crippen LogP contribution in [0.25, 0.3) is 11.1 Å². The van der Waals surface area contributed by atoms with Crippen LogP contribution >= 0.6 is 11.6 Å². The Hall–Kier alpha value is -3.23. The van der Waals surface area contributed by atoms with Gasteiger partial charge in [0, 0.05) is 5.56 Å². The van der Waals surface area contributed by atoms with E-state index in [4.69, 9.17) is 16.6 Å². The molecule has 0 amide bonds. The van der Waals surface area contributed by atoms with E-state index in [1.165, 1.54) is 17.2 Å². The van der Waals surface area contributed by atoms with Gasteiger partial charge in [-0.15, -0.1) is 0 Å². The summed E-state index contributed by atoms with van der Waals surface area (Å²) in [7, 11) is 0. The van der Waals surface area contributed by atoms with Crippen molar-refractivity contribution in [2.75, 3.05) is 0 Å². The van der Waals surface area contributed by atoms with E-state index in [9.17, 15) is 4.39 Å². The van der Waals surface area contributed by atoms with Gasteiger partial charge in [0.25, 0.3) is 0 Å². The van der Waals surface area contributed by atoms with Crippen molar-refractivity contribution in [3.63, 3.8) is 0 Å². The van der Waals surface area contributed by atoms with Gasteiger partial charge in [-0.05, 0) is 33.9 Å². The number of rotatable bonds is 1. The van der Waals surface area contributed by atoms with Crippen molar-refractivity contribution >= 4 is 23.0 Å². The molecule has 1 aliphatic carbocycles. The molecule has 1 aliphatic heterocycles. The number of hydrogen-bond acceptors (Lipinski definition) is 1. The van der Waals surface area contributed by atoms with Crippen LogP contribution in [0.2, 0.25) is 5.02 Å². The normalized spacial score (nSPS) is 15.0. The first kappa shape index (κ1) is 16.7. The first-order valence-corrected chi connectivity index (χ1v) is 9.93. The van der Waals surface area contributed by atoms with Gasteiger partial charge in [-0.2, -0.15) is 0 Å². The Kier molecular flexibility index (Phi) is 3.39. The quantitative estimate of drug-likeness (QED) is 0.331. The molecule has 0 saturated carbocycles. The first-order chi connectivity index (χ1) is 14.2. The lowest BCUT2D eigenvalue weighted by atomic mass is 9.68. The second-order valence-corrected chi connectivity index (χ2v) is 7.80. The smallest absolute Gasteiger partial charge is 0.144 e. The highest BCUT2D eigenvalue weighted by Crippen LogP contribution is 2.60. The van der Waals surface area contributed by atoms with E-state index >= 15 is 0 Å². The minimum absolute atomic E-state index is 0.0784. The summed E-state index contributed by atoms with van der Waals surface area (Å²) in [5.74, 6) is -0.446. The third-order valence-electron chi connectivity index (χ3n) is 6.05. The number of aliphatic imine (C=N–C) groups is 1. The predicted octanol–water partition coefficient (Wildman–Crippen LogP) is 6.93. The van der Waals surface area contributed by atoms with Crippen molar-refractivity contribution in [2.24, 2.45) is 4.99 Å². The molecule has 4 aromatic rings. The third-order valence-corrected chi connectivity index (χ3v) is 6.41. The van der Waals surface area contributed by atoms with Crippen LogP contribution < -0.4 is 0 Å².